The molecular weight excluding hydrogens is 590 g/mol. The summed E-state index contributed by atoms with van der Waals surface area (Å²) in [6, 6.07) is 5.36. The van der Waals surface area contributed by atoms with Crippen molar-refractivity contribution in [3.63, 3.8) is 0 Å². The van der Waals surface area contributed by atoms with Gasteiger partial charge in [0.25, 0.3) is 5.69 Å². The van der Waals surface area contributed by atoms with Crippen LogP contribution in [0.1, 0.15) is 87.5 Å². The van der Waals surface area contributed by atoms with Crippen molar-refractivity contribution in [3.05, 3.63) is 58.2 Å². The Morgan fingerprint density at radius 1 is 1.02 bits per heavy atom. The van der Waals surface area contributed by atoms with Crippen LogP contribution in [-0.2, 0) is 18.7 Å². The van der Waals surface area contributed by atoms with Crippen molar-refractivity contribution in [2.75, 3.05) is 0 Å². The molecule has 1 aromatic carbocycles. The van der Waals surface area contributed by atoms with E-state index in [2.05, 4.69) is 73.6 Å². The monoisotopic (exact) mass is 641 g/mol. The van der Waals surface area contributed by atoms with Crippen LogP contribution in [0, 0.1) is 33.8 Å². The van der Waals surface area contributed by atoms with E-state index in [-0.39, 0.29) is 59.4 Å². The fourth-order valence-corrected chi connectivity index (χ4v) is 13.9. The first-order valence-electron chi connectivity index (χ1n) is 16.6. The number of carbonyl (C=O) groups is 2. The number of carbonyl (C=O) groups excluding carboxylic acids is 2. The second-order valence-electron chi connectivity index (χ2n) is 14.2. The van der Waals surface area contributed by atoms with Crippen molar-refractivity contribution in [2.24, 2.45) is 23.7 Å². The lowest BCUT2D eigenvalue weighted by Crippen LogP contribution is -2.52. The Kier molecular flexibility index (Phi) is 11.3. The standard InChI is InChI=1S/C35H51NO8Si/c1-21(2)45(22(3)4,23(5)6)44-30-19-29(41-33(37)20-30)15-16-31-25(8)9-10-26-17-24(7)18-32(34(26)31)43-35(38)42-28-13-11-27(12-14-28)36(39)40/h9-14,17,21-25,29-32,34H,15-16,18-20H2,1-8H3/t24-,25-,29+,30+,31-,32-,34-/m0/s1. The third-order valence-electron chi connectivity index (χ3n) is 10.2. The zero-order chi connectivity index (χ0) is 33.1. The molecule has 1 aromatic rings. The first-order chi connectivity index (χ1) is 21.2. The summed E-state index contributed by atoms with van der Waals surface area (Å²) in [5.41, 5.74) is 2.39. The van der Waals surface area contributed by atoms with Gasteiger partial charge in [-0.3, -0.25) is 14.9 Å². The highest BCUT2D eigenvalue weighted by Crippen LogP contribution is 2.47. The predicted octanol–water partition coefficient (Wildman–Crippen LogP) is 8.93. The number of ether oxygens (including phenoxy) is 3. The number of nitro groups is 1. The minimum Gasteiger partial charge on any atom is -0.462 e. The molecule has 0 saturated carbocycles. The predicted molar refractivity (Wildman–Crippen MR) is 175 cm³/mol. The van der Waals surface area contributed by atoms with Crippen LogP contribution in [0.3, 0.4) is 0 Å². The molecule has 1 heterocycles. The van der Waals surface area contributed by atoms with Gasteiger partial charge < -0.3 is 18.6 Å². The smallest absolute Gasteiger partial charge is 0.462 e. The first kappa shape index (κ1) is 34.9. The van der Waals surface area contributed by atoms with Gasteiger partial charge in [0.15, 0.2) is 0 Å². The Hall–Kier alpha value is -2.98. The molecule has 7 atom stereocenters. The molecule has 45 heavy (non-hydrogen) atoms. The van der Waals surface area contributed by atoms with Gasteiger partial charge in [-0.15, -0.1) is 0 Å². The molecular formula is C35H51NO8Si. The normalized spacial score (nSPS) is 28.5. The van der Waals surface area contributed by atoms with Crippen LogP contribution in [0.25, 0.3) is 0 Å². The summed E-state index contributed by atoms with van der Waals surface area (Å²) in [6.07, 6.45) is 8.29. The molecule has 248 valence electrons. The summed E-state index contributed by atoms with van der Waals surface area (Å²) >= 11 is 0. The molecule has 1 fully saturated rings. The van der Waals surface area contributed by atoms with Crippen molar-refractivity contribution in [1.29, 1.82) is 0 Å². The summed E-state index contributed by atoms with van der Waals surface area (Å²) < 4.78 is 24.3. The van der Waals surface area contributed by atoms with Gasteiger partial charge in [-0.2, -0.15) is 0 Å². The fourth-order valence-electron chi connectivity index (χ4n) is 8.29. The summed E-state index contributed by atoms with van der Waals surface area (Å²) in [5.74, 6) is 0.632. The molecule has 9 nitrogen and oxygen atoms in total. The van der Waals surface area contributed by atoms with Gasteiger partial charge in [0.2, 0.25) is 8.32 Å². The largest absolute Gasteiger partial charge is 0.514 e. The summed E-state index contributed by atoms with van der Waals surface area (Å²) in [7, 11) is -2.15. The number of rotatable bonds is 11. The van der Waals surface area contributed by atoms with Crippen LogP contribution in [-0.4, -0.2) is 43.7 Å². The molecule has 4 rings (SSSR count). The van der Waals surface area contributed by atoms with Gasteiger partial charge in [0.1, 0.15) is 18.0 Å². The fraction of sp³-hybridized carbons (Fsp3) is 0.657. The maximum absolute atomic E-state index is 12.9. The van der Waals surface area contributed by atoms with E-state index in [4.69, 9.17) is 18.6 Å². The average molecular weight is 642 g/mol. The van der Waals surface area contributed by atoms with Gasteiger partial charge in [-0.1, -0.05) is 73.6 Å². The molecule has 0 spiro atoms. The van der Waals surface area contributed by atoms with E-state index >= 15 is 0 Å². The maximum atomic E-state index is 12.9. The topological polar surface area (TPSA) is 114 Å². The van der Waals surface area contributed by atoms with Gasteiger partial charge in [0.05, 0.1) is 17.4 Å². The zero-order valence-corrected chi connectivity index (χ0v) is 29.1. The molecule has 0 radical (unpaired) electrons. The number of esters is 1. The van der Waals surface area contributed by atoms with Crippen molar-refractivity contribution in [3.8, 4) is 5.75 Å². The van der Waals surface area contributed by atoms with E-state index in [1.807, 2.05) is 0 Å². The van der Waals surface area contributed by atoms with Crippen LogP contribution < -0.4 is 4.74 Å². The zero-order valence-electron chi connectivity index (χ0n) is 28.1. The van der Waals surface area contributed by atoms with Crippen LogP contribution >= 0.6 is 0 Å². The number of allylic oxidation sites excluding steroid dienone is 3. The van der Waals surface area contributed by atoms with Gasteiger partial charge in [-0.25, -0.2) is 4.79 Å². The van der Waals surface area contributed by atoms with E-state index in [1.165, 1.54) is 24.3 Å². The Labute approximate surface area is 269 Å². The van der Waals surface area contributed by atoms with E-state index in [1.54, 1.807) is 0 Å². The minimum atomic E-state index is -2.15. The molecule has 2 aliphatic carbocycles. The molecule has 1 aliphatic heterocycles. The lowest BCUT2D eigenvalue weighted by molar-refractivity contribution is -0.384. The maximum Gasteiger partial charge on any atom is 0.514 e. The number of cyclic esters (lactones) is 1. The molecule has 3 aliphatic rings. The molecule has 0 N–H and O–H groups in total. The van der Waals surface area contributed by atoms with Crippen LogP contribution in [0.2, 0.25) is 16.6 Å². The number of hydrogen-bond donors (Lipinski definition) is 0. The number of hydrogen-bond acceptors (Lipinski definition) is 8. The molecule has 10 heteroatoms. The van der Waals surface area contributed by atoms with E-state index in [0.717, 1.165) is 12.0 Å². The molecule has 0 amide bonds. The van der Waals surface area contributed by atoms with Crippen molar-refractivity contribution < 1.29 is 33.1 Å². The molecule has 0 unspecified atom stereocenters. The Morgan fingerprint density at radius 3 is 2.27 bits per heavy atom. The number of fused-ring (bicyclic) bond motifs is 1. The van der Waals surface area contributed by atoms with E-state index in [9.17, 15) is 19.7 Å². The number of nitrogens with zero attached hydrogens (tertiary/aromatic N) is 1. The van der Waals surface area contributed by atoms with Crippen molar-refractivity contribution in [1.82, 2.24) is 0 Å². The molecule has 0 bridgehead atoms. The SMILES string of the molecule is CC(C)[Si](O[C@H]1CC(=O)O[C@H](CC[C@@H]2[C@@H]3C(=C[C@H](C)C[C@@H]3OC(=O)Oc3ccc([N+](=O)[O-])cc3)C=C[C@@H]2C)C1)(C(C)C)C(C)C. The average Bonchev–Trinajstić information content (AvgIpc) is 2.95. The lowest BCUT2D eigenvalue weighted by atomic mass is 9.65. The van der Waals surface area contributed by atoms with E-state index < -0.39 is 19.4 Å². The molecule has 0 aromatic heterocycles. The Morgan fingerprint density at radius 2 is 1.67 bits per heavy atom. The minimum absolute atomic E-state index is 0.0140. The first-order valence-corrected chi connectivity index (χ1v) is 18.7. The number of nitro benzene ring substituents is 1. The molecule has 1 saturated heterocycles. The Balaban J connectivity index is 1.45. The summed E-state index contributed by atoms with van der Waals surface area (Å²) in [4.78, 5) is 36.2. The van der Waals surface area contributed by atoms with E-state index in [0.29, 0.717) is 42.3 Å². The number of benzene rings is 1. The second kappa shape index (κ2) is 14.6. The highest BCUT2D eigenvalue weighted by atomic mass is 28.4. The second-order valence-corrected chi connectivity index (χ2v) is 19.6. The third-order valence-corrected chi connectivity index (χ3v) is 16.4. The quantitative estimate of drug-likeness (QED) is 0.0773. The highest BCUT2D eigenvalue weighted by molar-refractivity contribution is 6.77. The third kappa shape index (κ3) is 8.06. The van der Waals surface area contributed by atoms with Crippen molar-refractivity contribution >= 4 is 26.1 Å². The van der Waals surface area contributed by atoms with Crippen LogP contribution in [0.15, 0.2) is 48.1 Å². The van der Waals surface area contributed by atoms with Gasteiger partial charge in [0, 0.05) is 24.5 Å². The van der Waals surface area contributed by atoms with Crippen molar-refractivity contribution in [2.45, 2.75) is 122 Å². The van der Waals surface area contributed by atoms with Gasteiger partial charge >= 0.3 is 12.1 Å². The number of non-ortho nitro benzene ring substituents is 1. The Bertz CT molecular complexity index is 1250. The highest BCUT2D eigenvalue weighted by Gasteiger charge is 2.48. The summed E-state index contributed by atoms with van der Waals surface area (Å²) in [5, 5.41) is 11.0. The lowest BCUT2D eigenvalue weighted by Gasteiger charge is -2.46. The van der Waals surface area contributed by atoms with Crippen LogP contribution in [0.5, 0.6) is 5.75 Å². The van der Waals surface area contributed by atoms with Crippen LogP contribution in [0.4, 0.5) is 10.5 Å². The van der Waals surface area contributed by atoms with Gasteiger partial charge in [-0.05, 0) is 71.3 Å². The summed E-state index contributed by atoms with van der Waals surface area (Å²) in [6.45, 7) is 17.9.